The van der Waals surface area contributed by atoms with Gasteiger partial charge >= 0.3 is 19.5 Å². The van der Waals surface area contributed by atoms with Crippen molar-refractivity contribution in [2.75, 3.05) is 12.4 Å². The Balaban J connectivity index is 1.81. The lowest BCUT2D eigenvalue weighted by Gasteiger charge is -2.50. The first-order chi connectivity index (χ1) is 14.0. The maximum atomic E-state index is 12.6. The molecule has 3 rings (SSSR count). The fraction of sp³-hybridized carbons (Fsp3) is 0.375. The zero-order chi connectivity index (χ0) is 22.2. The number of carbonyl (C=O) groups excluding carboxylic acids is 3. The Morgan fingerprint density at radius 2 is 2.10 bits per heavy atom. The van der Waals surface area contributed by atoms with Crippen LogP contribution in [0.25, 0.3) is 0 Å². The molecule has 162 valence electrons. The average molecular weight is 476 g/mol. The molecule has 1 aromatic rings. The third-order valence-corrected chi connectivity index (χ3v) is 7.55. The van der Waals surface area contributed by atoms with Gasteiger partial charge in [0.05, 0.1) is 0 Å². The van der Waals surface area contributed by atoms with Gasteiger partial charge < -0.3 is 24.9 Å². The number of aliphatic carboxylic acids is 1. The monoisotopic (exact) mass is 476 g/mol. The largest absolute Gasteiger partial charge is 0.480 e. The molecule has 0 saturated carbocycles. The molecule has 1 unspecified atom stereocenters. The Bertz CT molecular complexity index is 971. The molecule has 1 fully saturated rings. The van der Waals surface area contributed by atoms with Gasteiger partial charge in [0.15, 0.2) is 5.92 Å². The summed E-state index contributed by atoms with van der Waals surface area (Å²) in [5.74, 6) is -5.16. The molecule has 0 aliphatic carbocycles. The molecule has 0 bridgehead atoms. The Labute approximate surface area is 178 Å². The van der Waals surface area contributed by atoms with Crippen LogP contribution in [0.3, 0.4) is 0 Å². The van der Waals surface area contributed by atoms with Gasteiger partial charge in [-0.3, -0.25) is 28.6 Å². The van der Waals surface area contributed by atoms with Crippen LogP contribution >= 0.6 is 30.7 Å². The van der Waals surface area contributed by atoms with Crippen molar-refractivity contribution < 1.29 is 43.4 Å². The first-order valence-corrected chi connectivity index (χ1v) is 12.0. The van der Waals surface area contributed by atoms with Crippen LogP contribution in [0, 0.1) is 0 Å². The van der Waals surface area contributed by atoms with Crippen molar-refractivity contribution in [2.45, 2.75) is 24.3 Å². The Hall–Kier alpha value is -2.18. The number of nitrogens with one attached hydrogen (secondary N) is 1. The lowest BCUT2D eigenvalue weighted by molar-refractivity contribution is -0.149. The van der Waals surface area contributed by atoms with E-state index >= 15 is 0 Å². The maximum Gasteiger partial charge on any atom is 0.372 e. The van der Waals surface area contributed by atoms with Gasteiger partial charge in [0.25, 0.3) is 5.91 Å². The fourth-order valence-corrected chi connectivity index (χ4v) is 6.39. The molecule has 2 amide bonds. The van der Waals surface area contributed by atoms with Gasteiger partial charge in [0, 0.05) is 18.2 Å². The number of hydrogen-bond donors (Lipinski definition) is 4. The third-order valence-electron chi connectivity index (χ3n) is 4.42. The van der Waals surface area contributed by atoms with E-state index in [1.54, 1.807) is 5.38 Å². The van der Waals surface area contributed by atoms with Crippen molar-refractivity contribution in [3.05, 3.63) is 33.4 Å². The van der Waals surface area contributed by atoms with Crippen LogP contribution in [0.15, 0.2) is 27.8 Å². The van der Waals surface area contributed by atoms with E-state index in [1.807, 2.05) is 0 Å². The fourth-order valence-electron chi connectivity index (χ4n) is 3.14. The van der Waals surface area contributed by atoms with Crippen LogP contribution < -0.4 is 5.32 Å². The lowest BCUT2D eigenvalue weighted by Crippen LogP contribution is -2.70. The number of esters is 1. The number of carboxylic acid groups (broad SMARTS) is 1. The van der Waals surface area contributed by atoms with Crippen LogP contribution in [0.1, 0.15) is 18.4 Å². The quantitative estimate of drug-likeness (QED) is 0.185. The summed E-state index contributed by atoms with van der Waals surface area (Å²) in [6, 6.07) is 0.350. The van der Waals surface area contributed by atoms with Crippen molar-refractivity contribution in [3.63, 3.8) is 0 Å². The van der Waals surface area contributed by atoms with Crippen molar-refractivity contribution in [2.24, 2.45) is 0 Å². The minimum atomic E-state index is -4.90. The van der Waals surface area contributed by atoms with Gasteiger partial charge in [-0.25, -0.2) is 0 Å². The molecule has 11 nitrogen and oxygen atoms in total. The molecule has 2 aliphatic heterocycles. The molecule has 3 atom stereocenters. The summed E-state index contributed by atoms with van der Waals surface area (Å²) in [6.45, 7) is 0.763. The van der Waals surface area contributed by atoms with Gasteiger partial charge in [-0.05, 0) is 22.4 Å². The van der Waals surface area contributed by atoms with Crippen molar-refractivity contribution >= 4 is 54.4 Å². The molecule has 1 aromatic heterocycles. The highest BCUT2D eigenvalue weighted by Crippen LogP contribution is 2.55. The molecular weight excluding hydrogens is 459 g/mol. The number of hydrogen-bond acceptors (Lipinski definition) is 8. The zero-order valence-corrected chi connectivity index (χ0v) is 17.9. The van der Waals surface area contributed by atoms with E-state index in [9.17, 15) is 38.6 Å². The standard InChI is InChI=1S/C16H17N2O9PS2/c1-7(19)27-4-9-6-30-15-11(13(21)18(15)14(9)28(24,25)26)17-12(20)10(16(22)23)8-2-3-29-5-8/h2-3,5,10-11,15H,4,6H2,1H3,(H,17,20)(H,22,23)(H2,24,25,26)/t10?,11-,15+/m1/s1. The zero-order valence-electron chi connectivity index (χ0n) is 15.4. The average Bonchev–Trinajstić information content (AvgIpc) is 3.16. The van der Waals surface area contributed by atoms with E-state index in [0.29, 0.717) is 0 Å². The SMILES string of the molecule is CC(=O)OCC1=C(P(=O)(O)O)N2C(=O)[C@@H](NC(=O)C(C(=O)O)c3ccsc3)[C@@H]2SC1. The van der Waals surface area contributed by atoms with E-state index in [4.69, 9.17) is 4.74 Å². The van der Waals surface area contributed by atoms with E-state index in [2.05, 4.69) is 5.32 Å². The van der Waals surface area contributed by atoms with Gasteiger partial charge in [-0.15, -0.1) is 11.8 Å². The summed E-state index contributed by atoms with van der Waals surface area (Å²) in [5, 5.41) is 14.1. The molecule has 2 aliphatic rings. The molecule has 14 heteroatoms. The molecule has 0 radical (unpaired) electrons. The number of carboxylic acids is 1. The topological polar surface area (TPSA) is 171 Å². The third kappa shape index (κ3) is 4.30. The van der Waals surface area contributed by atoms with E-state index in [0.717, 1.165) is 23.6 Å². The molecule has 0 spiro atoms. The number of rotatable bonds is 7. The number of amides is 2. The second-order valence-corrected chi connectivity index (χ2v) is 9.87. The maximum absolute atomic E-state index is 12.6. The van der Waals surface area contributed by atoms with Crippen molar-refractivity contribution in [1.82, 2.24) is 10.2 Å². The number of thioether (sulfide) groups is 1. The van der Waals surface area contributed by atoms with E-state index in [-0.39, 0.29) is 23.5 Å². The summed E-state index contributed by atoms with van der Waals surface area (Å²) < 4.78 is 16.8. The number of ether oxygens (including phenoxy) is 1. The molecule has 3 heterocycles. The summed E-state index contributed by atoms with van der Waals surface area (Å²) in [6.07, 6.45) is 0. The van der Waals surface area contributed by atoms with Crippen LogP contribution in [-0.4, -0.2) is 67.3 Å². The normalized spacial score (nSPS) is 22.1. The number of fused-ring (bicyclic) bond motifs is 1. The Morgan fingerprint density at radius 3 is 2.63 bits per heavy atom. The summed E-state index contributed by atoms with van der Waals surface area (Å²) >= 11 is 2.34. The second kappa shape index (κ2) is 8.52. The Kier molecular flexibility index (Phi) is 6.39. The number of β-lactam (4-membered cyclic amide) rings is 1. The van der Waals surface area contributed by atoms with Gasteiger partial charge in [0.2, 0.25) is 5.91 Å². The van der Waals surface area contributed by atoms with Crippen molar-refractivity contribution in [3.8, 4) is 0 Å². The minimum Gasteiger partial charge on any atom is -0.480 e. The number of carbonyl (C=O) groups is 4. The van der Waals surface area contributed by atoms with Crippen LogP contribution in [0.4, 0.5) is 0 Å². The van der Waals surface area contributed by atoms with Crippen LogP contribution in [0.2, 0.25) is 0 Å². The molecular formula is C16H17N2O9PS2. The highest BCUT2D eigenvalue weighted by Gasteiger charge is 2.56. The first-order valence-electron chi connectivity index (χ1n) is 8.43. The van der Waals surface area contributed by atoms with E-state index < -0.39 is 54.1 Å². The number of nitrogens with zero attached hydrogens (tertiary/aromatic N) is 1. The predicted molar refractivity (Wildman–Crippen MR) is 105 cm³/mol. The smallest absolute Gasteiger partial charge is 0.372 e. The molecule has 1 saturated heterocycles. The minimum absolute atomic E-state index is 0.0570. The highest BCUT2D eigenvalue weighted by atomic mass is 32.2. The molecule has 0 aromatic carbocycles. The summed E-state index contributed by atoms with van der Waals surface area (Å²) in [7, 11) is -4.90. The van der Waals surface area contributed by atoms with Gasteiger partial charge in [-0.2, -0.15) is 11.3 Å². The predicted octanol–water partition coefficient (Wildman–Crippen LogP) is 0.269. The van der Waals surface area contributed by atoms with E-state index in [1.165, 1.54) is 22.8 Å². The number of thiophene rings is 1. The van der Waals surface area contributed by atoms with Crippen LogP contribution in [0.5, 0.6) is 0 Å². The first kappa shape index (κ1) is 22.5. The molecule has 30 heavy (non-hydrogen) atoms. The second-order valence-electron chi connectivity index (χ2n) is 6.48. The summed E-state index contributed by atoms with van der Waals surface area (Å²) in [4.78, 5) is 68.0. The summed E-state index contributed by atoms with van der Waals surface area (Å²) in [5.41, 5.74) is -0.181. The van der Waals surface area contributed by atoms with Crippen molar-refractivity contribution in [1.29, 1.82) is 0 Å². The lowest BCUT2D eigenvalue weighted by atomic mass is 9.99. The van der Waals surface area contributed by atoms with Gasteiger partial charge in [0.1, 0.15) is 23.5 Å². The Morgan fingerprint density at radius 1 is 1.40 bits per heavy atom. The molecule has 4 N–H and O–H groups in total. The highest BCUT2D eigenvalue weighted by molar-refractivity contribution is 8.00. The van der Waals surface area contributed by atoms with Crippen LogP contribution in [-0.2, 0) is 28.5 Å². The van der Waals surface area contributed by atoms with Gasteiger partial charge in [-0.1, -0.05) is 0 Å².